The van der Waals surface area contributed by atoms with E-state index in [1.54, 1.807) is 18.2 Å². The van der Waals surface area contributed by atoms with E-state index >= 15 is 0 Å². The van der Waals surface area contributed by atoms with Gasteiger partial charge < -0.3 is 9.47 Å². The first-order valence-corrected chi connectivity index (χ1v) is 12.9. The third kappa shape index (κ3) is 6.27. The molecule has 3 aromatic carbocycles. The molecule has 0 spiro atoms. The van der Waals surface area contributed by atoms with Crippen molar-refractivity contribution in [1.82, 2.24) is 4.90 Å². The Bertz CT molecular complexity index is 1210. The highest BCUT2D eigenvalue weighted by atomic mass is 127. The molecule has 0 radical (unpaired) electrons. The number of thioether (sulfide) groups is 1. The molecule has 0 atom stereocenters. The lowest BCUT2D eigenvalue weighted by Crippen LogP contribution is -2.32. The van der Waals surface area contributed by atoms with Crippen molar-refractivity contribution in [2.75, 3.05) is 13.2 Å². The molecule has 0 aromatic heterocycles. The van der Waals surface area contributed by atoms with Crippen LogP contribution in [0.15, 0.2) is 71.6 Å². The number of rotatable bonds is 8. The van der Waals surface area contributed by atoms with Crippen LogP contribution >= 0.6 is 57.6 Å². The Kier molecular flexibility index (Phi) is 8.41. The molecule has 9 heteroatoms. The molecule has 0 saturated carbocycles. The van der Waals surface area contributed by atoms with Gasteiger partial charge >= 0.3 is 0 Å². The summed E-state index contributed by atoms with van der Waals surface area (Å²) in [7, 11) is 0. The fraction of sp³-hybridized carbons (Fsp3) is 0.120. The molecule has 34 heavy (non-hydrogen) atoms. The summed E-state index contributed by atoms with van der Waals surface area (Å²) < 4.78 is 12.6. The number of carbonyl (C=O) groups excluding carboxylic acids is 2. The zero-order valence-corrected chi connectivity index (χ0v) is 22.2. The summed E-state index contributed by atoms with van der Waals surface area (Å²) in [6.45, 7) is 0.683. The third-order valence-corrected chi connectivity index (χ3v) is 7.00. The number of hydrogen-bond acceptors (Lipinski definition) is 5. The van der Waals surface area contributed by atoms with Crippen LogP contribution in [0.2, 0.25) is 10.0 Å². The van der Waals surface area contributed by atoms with E-state index in [4.69, 9.17) is 32.7 Å². The monoisotopic (exact) mass is 625 g/mol. The lowest BCUT2D eigenvalue weighted by Gasteiger charge is -2.13. The van der Waals surface area contributed by atoms with E-state index < -0.39 is 0 Å². The maximum absolute atomic E-state index is 12.8. The second-order valence-electron chi connectivity index (χ2n) is 7.22. The summed E-state index contributed by atoms with van der Waals surface area (Å²) in [5, 5.41) is 0.294. The fourth-order valence-corrected chi connectivity index (χ4v) is 4.99. The second kappa shape index (κ2) is 11.5. The molecule has 1 heterocycles. The summed E-state index contributed by atoms with van der Waals surface area (Å²) in [5.41, 5.74) is 1.59. The van der Waals surface area contributed by atoms with E-state index in [0.29, 0.717) is 38.6 Å². The van der Waals surface area contributed by atoms with Crippen molar-refractivity contribution in [3.63, 3.8) is 0 Å². The van der Waals surface area contributed by atoms with Gasteiger partial charge in [0, 0.05) is 3.57 Å². The summed E-state index contributed by atoms with van der Waals surface area (Å²) in [6.07, 6.45) is 1.60. The molecular formula is C25H18Cl2INO4S. The van der Waals surface area contributed by atoms with Crippen LogP contribution in [0, 0.1) is 3.57 Å². The van der Waals surface area contributed by atoms with Crippen LogP contribution in [0.3, 0.4) is 0 Å². The molecule has 174 valence electrons. The van der Waals surface area contributed by atoms with E-state index in [-0.39, 0.29) is 24.3 Å². The minimum Gasteiger partial charge on any atom is -0.492 e. The van der Waals surface area contributed by atoms with Gasteiger partial charge in [-0.3, -0.25) is 14.5 Å². The Hall–Kier alpha value is -2.20. The Morgan fingerprint density at radius 2 is 1.62 bits per heavy atom. The third-order valence-electron chi connectivity index (χ3n) is 4.82. The Morgan fingerprint density at radius 3 is 2.29 bits per heavy atom. The molecule has 0 bridgehead atoms. The number of amides is 2. The summed E-state index contributed by atoms with van der Waals surface area (Å²) in [4.78, 5) is 26.6. The van der Waals surface area contributed by atoms with Gasteiger partial charge in [-0.15, -0.1) is 0 Å². The first-order valence-electron chi connectivity index (χ1n) is 10.2. The van der Waals surface area contributed by atoms with Crippen molar-refractivity contribution in [3.05, 3.63) is 96.4 Å². The molecular weight excluding hydrogens is 608 g/mol. The van der Waals surface area contributed by atoms with Gasteiger partial charge in [-0.05, 0) is 88.0 Å². The first-order chi connectivity index (χ1) is 16.4. The molecule has 3 aromatic rings. The molecule has 0 aliphatic carbocycles. The number of para-hydroxylation sites is 1. The minimum atomic E-state index is -0.377. The van der Waals surface area contributed by atoms with E-state index in [1.807, 2.05) is 54.6 Å². The Morgan fingerprint density at radius 1 is 0.941 bits per heavy atom. The molecule has 0 unspecified atom stereocenters. The van der Waals surface area contributed by atoms with Crippen molar-refractivity contribution in [3.8, 4) is 11.5 Å². The molecule has 1 aliphatic rings. The Balaban J connectivity index is 1.41. The topological polar surface area (TPSA) is 55.8 Å². The standard InChI is InChI=1S/C25H18Cl2INO4S/c26-20-12-17(13-21(27)23(20)33-15-16-6-8-18(28)9-7-16)14-22-24(30)29(25(31)34-22)10-11-32-19-4-2-1-3-5-19/h1-9,12-14H,10-11,15H2/b22-14-. The van der Waals surface area contributed by atoms with E-state index in [2.05, 4.69) is 22.6 Å². The number of ether oxygens (including phenoxy) is 2. The van der Waals surface area contributed by atoms with Gasteiger partial charge in [0.1, 0.15) is 19.0 Å². The van der Waals surface area contributed by atoms with Crippen LogP contribution in [-0.2, 0) is 11.4 Å². The average Bonchev–Trinajstić information content (AvgIpc) is 3.07. The van der Waals surface area contributed by atoms with Crippen LogP contribution in [0.4, 0.5) is 4.79 Å². The average molecular weight is 626 g/mol. The summed E-state index contributed by atoms with van der Waals surface area (Å²) >= 11 is 15.9. The van der Waals surface area contributed by atoms with Crippen molar-refractivity contribution < 1.29 is 19.1 Å². The maximum Gasteiger partial charge on any atom is 0.293 e. The van der Waals surface area contributed by atoms with E-state index in [0.717, 1.165) is 20.9 Å². The normalized spacial score (nSPS) is 14.7. The maximum atomic E-state index is 12.8. The molecule has 1 aliphatic heterocycles. The highest BCUT2D eigenvalue weighted by Gasteiger charge is 2.34. The van der Waals surface area contributed by atoms with Gasteiger partial charge in [-0.1, -0.05) is 53.5 Å². The minimum absolute atomic E-state index is 0.156. The lowest BCUT2D eigenvalue weighted by molar-refractivity contribution is -0.123. The molecule has 4 rings (SSSR count). The summed E-state index contributed by atoms with van der Waals surface area (Å²) in [6, 6.07) is 20.5. The van der Waals surface area contributed by atoms with Crippen LogP contribution in [0.5, 0.6) is 11.5 Å². The lowest BCUT2D eigenvalue weighted by atomic mass is 10.2. The van der Waals surface area contributed by atoms with Crippen molar-refractivity contribution in [1.29, 1.82) is 0 Å². The predicted molar refractivity (Wildman–Crippen MR) is 145 cm³/mol. The molecule has 0 N–H and O–H groups in total. The number of imide groups is 1. The van der Waals surface area contributed by atoms with Crippen LogP contribution in [0.25, 0.3) is 6.08 Å². The quantitative estimate of drug-likeness (QED) is 0.194. The second-order valence-corrected chi connectivity index (χ2v) is 10.3. The van der Waals surface area contributed by atoms with E-state index in [9.17, 15) is 9.59 Å². The van der Waals surface area contributed by atoms with Gasteiger partial charge in [-0.25, -0.2) is 0 Å². The zero-order chi connectivity index (χ0) is 24.1. The first kappa shape index (κ1) is 24.9. The highest BCUT2D eigenvalue weighted by Crippen LogP contribution is 2.37. The van der Waals surface area contributed by atoms with Crippen LogP contribution < -0.4 is 9.47 Å². The zero-order valence-electron chi connectivity index (χ0n) is 17.7. The number of nitrogens with zero attached hydrogens (tertiary/aromatic N) is 1. The van der Waals surface area contributed by atoms with Crippen molar-refractivity contribution >= 4 is 74.8 Å². The fourth-order valence-electron chi connectivity index (χ4n) is 3.15. The molecule has 5 nitrogen and oxygen atoms in total. The van der Waals surface area contributed by atoms with E-state index in [1.165, 1.54) is 4.90 Å². The largest absolute Gasteiger partial charge is 0.492 e. The van der Waals surface area contributed by atoms with Gasteiger partial charge in [0.15, 0.2) is 5.75 Å². The molecule has 1 saturated heterocycles. The smallest absolute Gasteiger partial charge is 0.293 e. The van der Waals surface area contributed by atoms with Crippen molar-refractivity contribution in [2.24, 2.45) is 0 Å². The van der Waals surface area contributed by atoms with Crippen LogP contribution in [-0.4, -0.2) is 29.2 Å². The summed E-state index contributed by atoms with van der Waals surface area (Å²) in [5.74, 6) is 0.668. The predicted octanol–water partition coefficient (Wildman–Crippen LogP) is 7.29. The Labute approximate surface area is 225 Å². The molecule has 1 fully saturated rings. The number of halogens is 3. The van der Waals surface area contributed by atoms with Crippen molar-refractivity contribution in [2.45, 2.75) is 6.61 Å². The molecule has 2 amide bonds. The van der Waals surface area contributed by atoms with Gasteiger partial charge in [-0.2, -0.15) is 0 Å². The van der Waals surface area contributed by atoms with Crippen LogP contribution in [0.1, 0.15) is 11.1 Å². The van der Waals surface area contributed by atoms with Gasteiger partial charge in [0.2, 0.25) is 0 Å². The number of benzene rings is 3. The highest BCUT2D eigenvalue weighted by molar-refractivity contribution is 14.1. The number of carbonyl (C=O) groups is 2. The SMILES string of the molecule is O=C1S/C(=C\c2cc(Cl)c(OCc3ccc(I)cc3)c(Cl)c2)C(=O)N1CCOc1ccccc1. The van der Waals surface area contributed by atoms with Gasteiger partial charge in [0.05, 0.1) is 21.5 Å². The number of hydrogen-bond donors (Lipinski definition) is 0. The van der Waals surface area contributed by atoms with Gasteiger partial charge in [0.25, 0.3) is 11.1 Å².